The Morgan fingerprint density at radius 3 is 2.55 bits per heavy atom. The average molecular weight is 410 g/mol. The molecule has 3 rings (SSSR count). The minimum atomic E-state index is -0.253. The molecule has 7 nitrogen and oxygen atoms in total. The van der Waals surface area contributed by atoms with Gasteiger partial charge in [0.2, 0.25) is 5.91 Å². The van der Waals surface area contributed by atoms with Crippen molar-refractivity contribution in [2.75, 3.05) is 23.5 Å². The fourth-order valence-electron chi connectivity index (χ4n) is 2.64. The van der Waals surface area contributed by atoms with Crippen molar-refractivity contribution in [3.05, 3.63) is 66.0 Å². The number of thioether (sulfide) groups is 1. The lowest BCUT2D eigenvalue weighted by Gasteiger charge is -2.11. The molecule has 0 aliphatic rings. The number of methoxy groups -OCH3 is 1. The van der Waals surface area contributed by atoms with Crippen LogP contribution in [0.1, 0.15) is 15.9 Å². The molecule has 0 radical (unpaired) electrons. The number of aryl methyl sites for hydroxylation is 2. The summed E-state index contributed by atoms with van der Waals surface area (Å²) in [6, 6.07) is 12.3. The SMILES string of the molecule is COc1ccc(C)cc1NC(=O)c1ccc(NC(=O)CSc2nccn2C)cc1. The number of hydrogen-bond donors (Lipinski definition) is 2. The van der Waals surface area contributed by atoms with Crippen molar-refractivity contribution in [3.8, 4) is 5.75 Å². The van der Waals surface area contributed by atoms with Crippen LogP contribution in [0.25, 0.3) is 0 Å². The van der Waals surface area contributed by atoms with Crippen LogP contribution in [0.4, 0.5) is 11.4 Å². The molecule has 0 aliphatic heterocycles. The van der Waals surface area contributed by atoms with Gasteiger partial charge < -0.3 is 19.9 Å². The molecular formula is C21H22N4O3S. The third-order valence-corrected chi connectivity index (χ3v) is 5.20. The van der Waals surface area contributed by atoms with Gasteiger partial charge in [-0.3, -0.25) is 9.59 Å². The average Bonchev–Trinajstić information content (AvgIpc) is 3.12. The lowest BCUT2D eigenvalue weighted by molar-refractivity contribution is -0.113. The molecule has 2 aromatic carbocycles. The second-order valence-corrected chi connectivity index (χ2v) is 7.34. The summed E-state index contributed by atoms with van der Waals surface area (Å²) >= 11 is 1.36. The minimum absolute atomic E-state index is 0.139. The first-order valence-corrected chi connectivity index (χ1v) is 9.91. The van der Waals surface area contributed by atoms with Gasteiger partial charge in [0, 0.05) is 30.7 Å². The normalized spacial score (nSPS) is 10.4. The second kappa shape index (κ2) is 9.29. The predicted molar refractivity (Wildman–Crippen MR) is 115 cm³/mol. The van der Waals surface area contributed by atoms with Crippen LogP contribution in [0, 0.1) is 6.92 Å². The number of benzene rings is 2. The van der Waals surface area contributed by atoms with Gasteiger partial charge in [-0.25, -0.2) is 4.98 Å². The smallest absolute Gasteiger partial charge is 0.255 e. The molecule has 150 valence electrons. The van der Waals surface area contributed by atoms with E-state index in [1.807, 2.05) is 42.9 Å². The zero-order chi connectivity index (χ0) is 20.8. The van der Waals surface area contributed by atoms with Gasteiger partial charge in [-0.1, -0.05) is 17.8 Å². The summed E-state index contributed by atoms with van der Waals surface area (Å²) in [5.41, 5.74) is 2.73. The maximum absolute atomic E-state index is 12.5. The zero-order valence-corrected chi connectivity index (χ0v) is 17.2. The van der Waals surface area contributed by atoms with Gasteiger partial charge in [0.05, 0.1) is 18.6 Å². The Bertz CT molecular complexity index is 1020. The van der Waals surface area contributed by atoms with E-state index >= 15 is 0 Å². The molecule has 0 atom stereocenters. The van der Waals surface area contributed by atoms with Gasteiger partial charge in [-0.05, 0) is 48.9 Å². The zero-order valence-electron chi connectivity index (χ0n) is 16.4. The maximum atomic E-state index is 12.5. The molecule has 2 N–H and O–H groups in total. The number of anilines is 2. The highest BCUT2D eigenvalue weighted by Crippen LogP contribution is 2.26. The summed E-state index contributed by atoms with van der Waals surface area (Å²) in [5, 5.41) is 6.45. The molecule has 0 unspecified atom stereocenters. The van der Waals surface area contributed by atoms with E-state index < -0.39 is 0 Å². The van der Waals surface area contributed by atoms with Gasteiger partial charge in [0.25, 0.3) is 5.91 Å². The first kappa shape index (κ1) is 20.5. The summed E-state index contributed by atoms with van der Waals surface area (Å²) in [4.78, 5) is 28.8. The van der Waals surface area contributed by atoms with Crippen LogP contribution in [0.2, 0.25) is 0 Å². The van der Waals surface area contributed by atoms with Crippen molar-refractivity contribution in [3.63, 3.8) is 0 Å². The lowest BCUT2D eigenvalue weighted by atomic mass is 10.1. The van der Waals surface area contributed by atoms with Gasteiger partial charge in [0.15, 0.2) is 5.16 Å². The van der Waals surface area contributed by atoms with Crippen molar-refractivity contribution < 1.29 is 14.3 Å². The quantitative estimate of drug-likeness (QED) is 0.580. The van der Waals surface area contributed by atoms with Gasteiger partial charge in [0.1, 0.15) is 5.75 Å². The number of rotatable bonds is 7. The predicted octanol–water partition coefficient (Wildman–Crippen LogP) is 3.72. The van der Waals surface area contributed by atoms with Crippen LogP contribution in [0.15, 0.2) is 60.0 Å². The van der Waals surface area contributed by atoms with E-state index in [4.69, 9.17) is 4.74 Å². The number of nitrogens with zero attached hydrogens (tertiary/aromatic N) is 2. The molecule has 29 heavy (non-hydrogen) atoms. The maximum Gasteiger partial charge on any atom is 0.255 e. The fourth-order valence-corrected chi connectivity index (χ4v) is 3.37. The molecule has 0 aliphatic carbocycles. The largest absolute Gasteiger partial charge is 0.495 e. The Labute approximate surface area is 173 Å². The first-order valence-electron chi connectivity index (χ1n) is 8.92. The Kier molecular flexibility index (Phi) is 6.56. The first-order chi connectivity index (χ1) is 14.0. The Morgan fingerprint density at radius 2 is 1.90 bits per heavy atom. The van der Waals surface area contributed by atoms with Gasteiger partial charge in [-0.2, -0.15) is 0 Å². The molecule has 2 amide bonds. The van der Waals surface area contributed by atoms with E-state index in [9.17, 15) is 9.59 Å². The monoisotopic (exact) mass is 410 g/mol. The molecule has 1 heterocycles. The lowest BCUT2D eigenvalue weighted by Crippen LogP contribution is -2.15. The molecule has 0 saturated carbocycles. The summed E-state index contributed by atoms with van der Waals surface area (Å²) < 4.78 is 7.14. The van der Waals surface area contributed by atoms with Crippen LogP contribution < -0.4 is 15.4 Å². The number of carbonyl (C=O) groups excluding carboxylic acids is 2. The summed E-state index contributed by atoms with van der Waals surface area (Å²) in [5.74, 6) is 0.454. The minimum Gasteiger partial charge on any atom is -0.495 e. The van der Waals surface area contributed by atoms with Crippen molar-refractivity contribution >= 4 is 35.0 Å². The molecular weight excluding hydrogens is 388 g/mol. The Balaban J connectivity index is 1.58. The number of ether oxygens (including phenoxy) is 1. The van der Waals surface area contributed by atoms with Crippen LogP contribution in [-0.2, 0) is 11.8 Å². The van der Waals surface area contributed by atoms with E-state index in [0.717, 1.165) is 10.7 Å². The van der Waals surface area contributed by atoms with E-state index in [1.165, 1.54) is 11.8 Å². The number of carbonyl (C=O) groups is 2. The van der Waals surface area contributed by atoms with Gasteiger partial charge >= 0.3 is 0 Å². The molecule has 0 spiro atoms. The highest BCUT2D eigenvalue weighted by Gasteiger charge is 2.11. The van der Waals surface area contributed by atoms with E-state index in [1.54, 1.807) is 37.6 Å². The van der Waals surface area contributed by atoms with Crippen LogP contribution in [0.3, 0.4) is 0 Å². The highest BCUT2D eigenvalue weighted by atomic mass is 32.2. The standard InChI is InChI=1S/C21H22N4O3S/c1-14-4-9-18(28-3)17(12-14)24-20(27)15-5-7-16(8-6-15)23-19(26)13-29-21-22-10-11-25(21)2/h4-12H,13H2,1-3H3,(H,23,26)(H,24,27). The number of imidazole rings is 1. The number of amides is 2. The summed E-state index contributed by atoms with van der Waals surface area (Å²) in [6.45, 7) is 1.94. The van der Waals surface area contributed by atoms with Crippen molar-refractivity contribution in [1.29, 1.82) is 0 Å². The summed E-state index contributed by atoms with van der Waals surface area (Å²) in [7, 11) is 3.44. The Morgan fingerprint density at radius 1 is 1.14 bits per heavy atom. The second-order valence-electron chi connectivity index (χ2n) is 6.39. The van der Waals surface area contributed by atoms with E-state index in [2.05, 4.69) is 15.6 Å². The summed E-state index contributed by atoms with van der Waals surface area (Å²) in [6.07, 6.45) is 3.52. The van der Waals surface area contributed by atoms with Crippen molar-refractivity contribution in [1.82, 2.24) is 9.55 Å². The van der Waals surface area contributed by atoms with Crippen molar-refractivity contribution in [2.24, 2.45) is 7.05 Å². The van der Waals surface area contributed by atoms with Crippen LogP contribution in [0.5, 0.6) is 5.75 Å². The van der Waals surface area contributed by atoms with Crippen LogP contribution >= 0.6 is 11.8 Å². The topological polar surface area (TPSA) is 85.2 Å². The van der Waals surface area contributed by atoms with Crippen molar-refractivity contribution in [2.45, 2.75) is 12.1 Å². The molecule has 0 saturated heterocycles. The third kappa shape index (κ3) is 5.39. The van der Waals surface area contributed by atoms with Crippen LogP contribution in [-0.4, -0.2) is 34.2 Å². The molecule has 0 fully saturated rings. The molecule has 3 aromatic rings. The fraction of sp³-hybridized carbons (Fsp3) is 0.190. The van der Waals surface area contributed by atoms with E-state index in [0.29, 0.717) is 22.7 Å². The molecule has 0 bridgehead atoms. The van der Waals surface area contributed by atoms with E-state index in [-0.39, 0.29) is 17.6 Å². The highest BCUT2D eigenvalue weighted by molar-refractivity contribution is 7.99. The number of nitrogens with one attached hydrogen (secondary N) is 2. The van der Waals surface area contributed by atoms with Gasteiger partial charge in [-0.15, -0.1) is 0 Å². The molecule has 8 heteroatoms. The Hall–Kier alpha value is -3.26. The number of hydrogen-bond acceptors (Lipinski definition) is 5. The number of aromatic nitrogens is 2. The molecule has 1 aromatic heterocycles. The third-order valence-electron chi connectivity index (χ3n) is 4.14.